The van der Waals surface area contributed by atoms with Crippen LogP contribution in [0.3, 0.4) is 0 Å². The maximum Gasteiger partial charge on any atom is 0.262 e. The Balaban J connectivity index is 2.35. The first-order valence-electron chi connectivity index (χ1n) is 4.26. The van der Waals surface area contributed by atoms with E-state index in [9.17, 15) is 4.79 Å². The molecule has 0 fully saturated rings. The molecule has 0 saturated carbocycles. The molecule has 1 aromatic rings. The highest BCUT2D eigenvalue weighted by atomic mass is 16.5. The van der Waals surface area contributed by atoms with Gasteiger partial charge in [-0.1, -0.05) is 5.92 Å². The number of rotatable bonds is 0. The Morgan fingerprint density at radius 2 is 2.33 bits per heavy atom. The molecular formula is C11H6N2O2. The smallest absolute Gasteiger partial charge is 0.262 e. The Bertz CT molecular complexity index is 518. The van der Waals surface area contributed by atoms with Crippen molar-refractivity contribution >= 4 is 11.6 Å². The number of ether oxygens (including phenoxy) is 1. The van der Waals surface area contributed by atoms with Gasteiger partial charge in [0.05, 0.1) is 5.69 Å². The fourth-order valence-electron chi connectivity index (χ4n) is 1.25. The number of carbonyl (C=O) groups is 1. The summed E-state index contributed by atoms with van der Waals surface area (Å²) in [5.74, 6) is 5.36. The summed E-state index contributed by atoms with van der Waals surface area (Å²) >= 11 is 0. The molecule has 0 aliphatic carbocycles. The van der Waals surface area contributed by atoms with E-state index in [-0.39, 0.29) is 12.5 Å². The Kier molecular flexibility index (Phi) is 2.26. The molecule has 1 heterocycles. The van der Waals surface area contributed by atoms with Gasteiger partial charge in [0.2, 0.25) is 0 Å². The second kappa shape index (κ2) is 3.73. The van der Waals surface area contributed by atoms with E-state index in [0.29, 0.717) is 17.0 Å². The molecule has 1 aliphatic rings. The van der Waals surface area contributed by atoms with E-state index in [1.54, 1.807) is 24.3 Å². The highest BCUT2D eigenvalue weighted by molar-refractivity contribution is 5.95. The summed E-state index contributed by atoms with van der Waals surface area (Å²) in [6.45, 7) is 0.0160. The molecule has 4 heteroatoms. The van der Waals surface area contributed by atoms with E-state index >= 15 is 0 Å². The number of amides is 1. The number of carbonyl (C=O) groups excluding carboxylic acids is 1. The van der Waals surface area contributed by atoms with E-state index in [0.717, 1.165) is 0 Å². The van der Waals surface area contributed by atoms with Crippen molar-refractivity contribution in [2.75, 3.05) is 11.9 Å². The van der Waals surface area contributed by atoms with Crippen LogP contribution in [-0.2, 0) is 4.79 Å². The molecule has 0 saturated heterocycles. The molecule has 0 spiro atoms. The van der Waals surface area contributed by atoms with Crippen LogP contribution in [0, 0.1) is 23.2 Å². The van der Waals surface area contributed by atoms with E-state index in [1.165, 1.54) is 0 Å². The van der Waals surface area contributed by atoms with Gasteiger partial charge in [0.15, 0.2) is 12.7 Å². The fourth-order valence-corrected chi connectivity index (χ4v) is 1.25. The summed E-state index contributed by atoms with van der Waals surface area (Å²) in [6, 6.07) is 6.85. The summed E-state index contributed by atoms with van der Waals surface area (Å²) in [7, 11) is 0. The van der Waals surface area contributed by atoms with Gasteiger partial charge in [-0.25, -0.2) is 0 Å². The average molecular weight is 198 g/mol. The van der Waals surface area contributed by atoms with E-state index < -0.39 is 0 Å². The molecule has 72 valence electrons. The lowest BCUT2D eigenvalue weighted by molar-refractivity contribution is -0.118. The van der Waals surface area contributed by atoms with Crippen molar-refractivity contribution in [2.24, 2.45) is 0 Å². The summed E-state index contributed by atoms with van der Waals surface area (Å²) in [5.41, 5.74) is 1.32. The third-order valence-electron chi connectivity index (χ3n) is 1.88. The van der Waals surface area contributed by atoms with Crippen LogP contribution in [-0.4, -0.2) is 12.5 Å². The van der Waals surface area contributed by atoms with Gasteiger partial charge in [-0.15, -0.1) is 0 Å². The zero-order chi connectivity index (χ0) is 10.7. The van der Waals surface area contributed by atoms with E-state index in [4.69, 9.17) is 10.00 Å². The maximum atomic E-state index is 11.0. The van der Waals surface area contributed by atoms with Gasteiger partial charge in [-0.3, -0.25) is 4.79 Å². The predicted octanol–water partition coefficient (Wildman–Crippen LogP) is 0.893. The predicted molar refractivity (Wildman–Crippen MR) is 53.1 cm³/mol. The van der Waals surface area contributed by atoms with Gasteiger partial charge >= 0.3 is 0 Å². The number of nitrogens with zero attached hydrogens (tertiary/aromatic N) is 1. The van der Waals surface area contributed by atoms with Gasteiger partial charge in [0, 0.05) is 11.5 Å². The van der Waals surface area contributed by atoms with Crippen LogP contribution in [0.5, 0.6) is 5.75 Å². The molecule has 0 atom stereocenters. The minimum absolute atomic E-state index is 0.0160. The summed E-state index contributed by atoms with van der Waals surface area (Å²) in [5, 5.41) is 11.0. The standard InChI is InChI=1S/C11H6N2O2/c12-5-1-2-8-3-4-9-10(6-8)15-7-11(14)13-9/h3-4,6H,7H2,(H,13,14). The largest absolute Gasteiger partial charge is 0.482 e. The van der Waals surface area contributed by atoms with E-state index in [2.05, 4.69) is 17.2 Å². The number of nitrogens with one attached hydrogen (secondary N) is 1. The van der Waals surface area contributed by atoms with Crippen molar-refractivity contribution in [3.05, 3.63) is 23.8 Å². The third-order valence-corrected chi connectivity index (χ3v) is 1.88. The van der Waals surface area contributed by atoms with Crippen molar-refractivity contribution in [1.82, 2.24) is 0 Å². The molecule has 1 amide bonds. The Morgan fingerprint density at radius 1 is 1.47 bits per heavy atom. The lowest BCUT2D eigenvalue weighted by Crippen LogP contribution is -2.25. The maximum absolute atomic E-state index is 11.0. The van der Waals surface area contributed by atoms with Crippen LogP contribution in [0.4, 0.5) is 5.69 Å². The number of benzene rings is 1. The topological polar surface area (TPSA) is 62.1 Å². The molecular weight excluding hydrogens is 192 g/mol. The first-order chi connectivity index (χ1) is 7.29. The minimum Gasteiger partial charge on any atom is -0.482 e. The average Bonchev–Trinajstić information content (AvgIpc) is 2.26. The Hall–Kier alpha value is -2.46. The molecule has 1 aromatic carbocycles. The number of hydrogen-bond acceptors (Lipinski definition) is 3. The number of anilines is 1. The van der Waals surface area contributed by atoms with Crippen molar-refractivity contribution in [3.63, 3.8) is 0 Å². The molecule has 0 bridgehead atoms. The van der Waals surface area contributed by atoms with Crippen LogP contribution >= 0.6 is 0 Å². The lowest BCUT2D eigenvalue weighted by Gasteiger charge is -2.17. The van der Waals surface area contributed by atoms with Crippen LogP contribution in [0.1, 0.15) is 5.56 Å². The molecule has 0 unspecified atom stereocenters. The van der Waals surface area contributed by atoms with Gasteiger partial charge in [-0.2, -0.15) is 5.26 Å². The summed E-state index contributed by atoms with van der Waals surface area (Å²) in [6.07, 6.45) is 0. The SMILES string of the molecule is N#CC#Cc1ccc2c(c1)OCC(=O)N2. The van der Waals surface area contributed by atoms with Gasteiger partial charge in [0.1, 0.15) is 5.75 Å². The van der Waals surface area contributed by atoms with Crippen LogP contribution in [0.25, 0.3) is 0 Å². The second-order valence-corrected chi connectivity index (χ2v) is 2.91. The molecule has 15 heavy (non-hydrogen) atoms. The van der Waals surface area contributed by atoms with Crippen molar-refractivity contribution in [1.29, 1.82) is 5.26 Å². The zero-order valence-electron chi connectivity index (χ0n) is 7.70. The normalized spacial score (nSPS) is 12.3. The Labute approximate surface area is 86.5 Å². The quantitative estimate of drug-likeness (QED) is 0.630. The molecule has 1 aliphatic heterocycles. The molecule has 4 nitrogen and oxygen atoms in total. The molecule has 1 N–H and O–H groups in total. The fraction of sp³-hybridized carbons (Fsp3) is 0.0909. The van der Waals surface area contributed by atoms with E-state index in [1.807, 2.05) is 0 Å². The number of nitriles is 1. The number of hydrogen-bond donors (Lipinski definition) is 1. The van der Waals surface area contributed by atoms with Gasteiger partial charge < -0.3 is 10.1 Å². The summed E-state index contributed by atoms with van der Waals surface area (Å²) in [4.78, 5) is 11.0. The first-order valence-corrected chi connectivity index (χ1v) is 4.26. The van der Waals surface area contributed by atoms with Crippen molar-refractivity contribution in [3.8, 4) is 23.7 Å². The molecule has 0 radical (unpaired) electrons. The summed E-state index contributed by atoms with van der Waals surface area (Å²) < 4.78 is 5.19. The van der Waals surface area contributed by atoms with Crippen molar-refractivity contribution < 1.29 is 9.53 Å². The third kappa shape index (κ3) is 1.90. The zero-order valence-corrected chi connectivity index (χ0v) is 7.70. The van der Waals surface area contributed by atoms with Crippen molar-refractivity contribution in [2.45, 2.75) is 0 Å². The lowest BCUT2D eigenvalue weighted by atomic mass is 10.2. The second-order valence-electron chi connectivity index (χ2n) is 2.91. The highest BCUT2D eigenvalue weighted by Crippen LogP contribution is 2.27. The monoisotopic (exact) mass is 198 g/mol. The van der Waals surface area contributed by atoms with Gasteiger partial charge in [0.25, 0.3) is 5.91 Å². The van der Waals surface area contributed by atoms with Crippen LogP contribution in [0.2, 0.25) is 0 Å². The molecule has 2 rings (SSSR count). The van der Waals surface area contributed by atoms with Crippen LogP contribution < -0.4 is 10.1 Å². The van der Waals surface area contributed by atoms with Gasteiger partial charge in [-0.05, 0) is 18.2 Å². The minimum atomic E-state index is -0.168. The highest BCUT2D eigenvalue weighted by Gasteiger charge is 2.15. The number of fused-ring (bicyclic) bond motifs is 1. The first kappa shape index (κ1) is 9.11. The van der Waals surface area contributed by atoms with Crippen LogP contribution in [0.15, 0.2) is 18.2 Å². The molecule has 0 aromatic heterocycles. The Morgan fingerprint density at radius 3 is 3.13 bits per heavy atom.